The monoisotopic (exact) mass is 457 g/mol. The number of nitriles is 1. The van der Waals surface area contributed by atoms with Crippen LogP contribution in [0.15, 0.2) is 48.5 Å². The van der Waals surface area contributed by atoms with Gasteiger partial charge >= 0.3 is 6.18 Å². The third kappa shape index (κ3) is 4.69. The van der Waals surface area contributed by atoms with Crippen LogP contribution in [0, 0.1) is 22.7 Å². The summed E-state index contributed by atoms with van der Waals surface area (Å²) >= 11 is 0. The van der Waals surface area contributed by atoms with Gasteiger partial charge in [0.15, 0.2) is 0 Å². The normalized spacial score (nSPS) is 22.7. The van der Waals surface area contributed by atoms with Crippen LogP contribution in [0.2, 0.25) is 0 Å². The fourth-order valence-corrected chi connectivity index (χ4v) is 5.17. The van der Waals surface area contributed by atoms with Crippen LogP contribution in [0.5, 0.6) is 0 Å². The van der Waals surface area contributed by atoms with Gasteiger partial charge in [-0.3, -0.25) is 4.79 Å². The Bertz CT molecular complexity index is 1050. The van der Waals surface area contributed by atoms with Crippen LogP contribution in [-0.4, -0.2) is 50.7 Å². The summed E-state index contributed by atoms with van der Waals surface area (Å²) < 4.78 is 46.0. The maximum absolute atomic E-state index is 13.5. The second-order valence-corrected chi connectivity index (χ2v) is 8.96. The van der Waals surface area contributed by atoms with E-state index in [4.69, 9.17) is 10.00 Å². The molecule has 0 radical (unpaired) electrons. The van der Waals surface area contributed by atoms with E-state index in [1.165, 1.54) is 6.07 Å². The molecule has 2 fully saturated rings. The first-order valence-electron chi connectivity index (χ1n) is 10.9. The van der Waals surface area contributed by atoms with Crippen LogP contribution in [0.1, 0.15) is 23.1 Å². The average molecular weight is 457 g/mol. The van der Waals surface area contributed by atoms with Crippen molar-refractivity contribution in [1.82, 2.24) is 4.90 Å². The number of anilines is 1. The summed E-state index contributed by atoms with van der Waals surface area (Å²) in [6, 6.07) is 15.1. The number of hydrogen-bond donors (Lipinski definition) is 0. The van der Waals surface area contributed by atoms with Crippen LogP contribution < -0.4 is 4.90 Å². The fourth-order valence-electron chi connectivity index (χ4n) is 5.17. The molecule has 33 heavy (non-hydrogen) atoms. The summed E-state index contributed by atoms with van der Waals surface area (Å²) in [5.41, 5.74) is -0.134. The standard InChI is InChI=1S/C25H26F3N3O2/c1-33-17-24-9-10-30(23(32)11-18-5-3-2-4-6-18)14-20(24)15-31(16-24)21-8-7-19(13-29)22(12-21)25(26,27)28/h2-8,12,20H,9-11,14-17H2,1H3/t20-,24+/m1/s1. The Hall–Kier alpha value is -3.05. The fraction of sp³-hybridized carbons (Fsp3) is 0.440. The van der Waals surface area contributed by atoms with Crippen molar-refractivity contribution in [3.05, 3.63) is 65.2 Å². The molecule has 2 aromatic carbocycles. The maximum atomic E-state index is 13.5. The Morgan fingerprint density at radius 1 is 1.21 bits per heavy atom. The number of carbonyl (C=O) groups is 1. The van der Waals surface area contributed by atoms with Crippen molar-refractivity contribution in [2.24, 2.45) is 11.3 Å². The summed E-state index contributed by atoms with van der Waals surface area (Å²) in [6.45, 7) is 2.71. The van der Waals surface area contributed by atoms with Gasteiger partial charge in [-0.15, -0.1) is 0 Å². The molecule has 0 saturated carbocycles. The Morgan fingerprint density at radius 3 is 2.64 bits per heavy atom. The SMILES string of the molecule is COC[C@@]12CCN(C(=O)Cc3ccccc3)C[C@@H]1CN(c1ccc(C#N)c(C(F)(F)F)c1)C2. The van der Waals surface area contributed by atoms with Crippen molar-refractivity contribution in [2.45, 2.75) is 19.0 Å². The van der Waals surface area contributed by atoms with Gasteiger partial charge in [-0.1, -0.05) is 30.3 Å². The zero-order chi connectivity index (χ0) is 23.6. The number of alkyl halides is 3. The Labute approximate surface area is 191 Å². The van der Waals surface area contributed by atoms with Crippen molar-refractivity contribution in [3.8, 4) is 6.07 Å². The molecule has 0 unspecified atom stereocenters. The largest absolute Gasteiger partial charge is 0.417 e. The highest BCUT2D eigenvalue weighted by molar-refractivity contribution is 5.79. The quantitative estimate of drug-likeness (QED) is 0.678. The van der Waals surface area contributed by atoms with Gasteiger partial charge in [-0.05, 0) is 30.2 Å². The number of amides is 1. The highest BCUT2D eigenvalue weighted by atomic mass is 19.4. The van der Waals surface area contributed by atoms with Crippen LogP contribution in [-0.2, 0) is 22.1 Å². The van der Waals surface area contributed by atoms with Gasteiger partial charge in [0.05, 0.1) is 30.2 Å². The highest BCUT2D eigenvalue weighted by Crippen LogP contribution is 2.45. The van der Waals surface area contributed by atoms with E-state index in [1.807, 2.05) is 40.1 Å². The lowest BCUT2D eigenvalue weighted by Gasteiger charge is -2.43. The molecule has 2 aromatic rings. The average Bonchev–Trinajstić information content (AvgIpc) is 3.17. The van der Waals surface area contributed by atoms with E-state index in [1.54, 1.807) is 19.2 Å². The number of hydrogen-bond acceptors (Lipinski definition) is 4. The minimum atomic E-state index is -4.60. The third-order valence-corrected chi connectivity index (χ3v) is 6.91. The molecular weight excluding hydrogens is 431 g/mol. The lowest BCUT2D eigenvalue weighted by Crippen LogP contribution is -2.51. The Kier molecular flexibility index (Phi) is 6.35. The van der Waals surface area contributed by atoms with Gasteiger partial charge in [0, 0.05) is 50.3 Å². The van der Waals surface area contributed by atoms with E-state index in [0.29, 0.717) is 44.9 Å². The van der Waals surface area contributed by atoms with Crippen molar-refractivity contribution >= 4 is 11.6 Å². The molecule has 0 aliphatic carbocycles. The number of benzene rings is 2. The molecule has 2 atom stereocenters. The number of likely N-dealkylation sites (tertiary alicyclic amines) is 1. The number of fused-ring (bicyclic) bond motifs is 1. The van der Waals surface area contributed by atoms with Gasteiger partial charge in [-0.25, -0.2) is 0 Å². The maximum Gasteiger partial charge on any atom is 0.417 e. The number of halogens is 3. The van der Waals surface area contributed by atoms with E-state index in [9.17, 15) is 18.0 Å². The van der Waals surface area contributed by atoms with Crippen LogP contribution in [0.3, 0.4) is 0 Å². The molecule has 5 nitrogen and oxygen atoms in total. The summed E-state index contributed by atoms with van der Waals surface area (Å²) in [5.74, 6) is 0.138. The molecular formula is C25H26F3N3O2. The zero-order valence-corrected chi connectivity index (χ0v) is 18.4. The second-order valence-electron chi connectivity index (χ2n) is 8.96. The minimum absolute atomic E-state index is 0.0587. The lowest BCUT2D eigenvalue weighted by molar-refractivity contribution is -0.138. The topological polar surface area (TPSA) is 56.6 Å². The van der Waals surface area contributed by atoms with Crippen molar-refractivity contribution in [2.75, 3.05) is 44.8 Å². The first-order valence-corrected chi connectivity index (χ1v) is 10.9. The molecule has 0 bridgehead atoms. The van der Waals surface area contributed by atoms with E-state index in [-0.39, 0.29) is 22.8 Å². The van der Waals surface area contributed by atoms with Gasteiger partial charge in [0.1, 0.15) is 0 Å². The van der Waals surface area contributed by atoms with Crippen LogP contribution >= 0.6 is 0 Å². The predicted octanol–water partition coefficient (Wildman–Crippen LogP) is 4.12. The second kappa shape index (κ2) is 9.06. The minimum Gasteiger partial charge on any atom is -0.384 e. The summed E-state index contributed by atoms with van der Waals surface area (Å²) in [6.07, 6.45) is -3.54. The number of methoxy groups -OCH3 is 1. The molecule has 0 N–H and O–H groups in total. The number of carbonyl (C=O) groups excluding carboxylic acids is 1. The Morgan fingerprint density at radius 2 is 1.97 bits per heavy atom. The first-order chi connectivity index (χ1) is 15.8. The number of nitrogens with zero attached hydrogens (tertiary/aromatic N) is 3. The zero-order valence-electron chi connectivity index (χ0n) is 18.4. The van der Waals surface area contributed by atoms with E-state index >= 15 is 0 Å². The predicted molar refractivity (Wildman–Crippen MR) is 118 cm³/mol. The molecule has 2 aliphatic rings. The first kappa shape index (κ1) is 23.1. The molecule has 4 rings (SSSR count). The molecule has 2 heterocycles. The molecule has 8 heteroatoms. The van der Waals surface area contributed by atoms with Crippen molar-refractivity contribution < 1.29 is 22.7 Å². The summed E-state index contributed by atoms with van der Waals surface area (Å²) in [4.78, 5) is 16.7. The highest BCUT2D eigenvalue weighted by Gasteiger charge is 2.50. The molecule has 2 aliphatic heterocycles. The summed E-state index contributed by atoms with van der Waals surface area (Å²) in [5, 5.41) is 9.09. The molecule has 1 amide bonds. The summed E-state index contributed by atoms with van der Waals surface area (Å²) in [7, 11) is 1.63. The van der Waals surface area contributed by atoms with Gasteiger partial charge in [0.2, 0.25) is 5.91 Å². The molecule has 2 saturated heterocycles. The third-order valence-electron chi connectivity index (χ3n) is 6.91. The lowest BCUT2D eigenvalue weighted by atomic mass is 9.73. The van der Waals surface area contributed by atoms with Crippen molar-refractivity contribution in [3.63, 3.8) is 0 Å². The van der Waals surface area contributed by atoms with Crippen LogP contribution in [0.4, 0.5) is 18.9 Å². The van der Waals surface area contributed by atoms with E-state index in [0.717, 1.165) is 18.1 Å². The smallest absolute Gasteiger partial charge is 0.384 e. The number of piperidine rings is 1. The van der Waals surface area contributed by atoms with Crippen molar-refractivity contribution in [1.29, 1.82) is 5.26 Å². The molecule has 174 valence electrons. The number of rotatable bonds is 5. The van der Waals surface area contributed by atoms with Gasteiger partial charge in [0.25, 0.3) is 0 Å². The van der Waals surface area contributed by atoms with Crippen LogP contribution in [0.25, 0.3) is 0 Å². The number of ether oxygens (including phenoxy) is 1. The Balaban J connectivity index is 1.54. The molecule has 0 spiro atoms. The van der Waals surface area contributed by atoms with E-state index in [2.05, 4.69) is 0 Å². The van der Waals surface area contributed by atoms with Gasteiger partial charge in [-0.2, -0.15) is 18.4 Å². The van der Waals surface area contributed by atoms with E-state index < -0.39 is 11.7 Å². The molecule has 0 aromatic heterocycles. The van der Waals surface area contributed by atoms with Gasteiger partial charge < -0.3 is 14.5 Å².